The molecule has 142 valence electrons. The van der Waals surface area contributed by atoms with Crippen molar-refractivity contribution in [2.24, 2.45) is 0 Å². The van der Waals surface area contributed by atoms with Gasteiger partial charge in [-0.1, -0.05) is 12.1 Å². The number of carboxylic acids is 1. The first-order valence-electron chi connectivity index (χ1n) is 7.78. The number of carbonyl (C=O) groups excluding carboxylic acids is 1. The lowest BCUT2D eigenvalue weighted by Crippen LogP contribution is -2.13. The Labute approximate surface area is 158 Å². The van der Waals surface area contributed by atoms with Gasteiger partial charge in [0.2, 0.25) is 0 Å². The Morgan fingerprint density at radius 1 is 1.07 bits per heavy atom. The number of anilines is 2. The zero-order chi connectivity index (χ0) is 20.5. The first-order valence-corrected chi connectivity index (χ1v) is 7.78. The number of hydrogen-bond donors (Lipinski definition) is 3. The average molecular weight is 381 g/mol. The molecule has 1 aromatic heterocycles. The zero-order valence-electron chi connectivity index (χ0n) is 14.4. The summed E-state index contributed by atoms with van der Waals surface area (Å²) < 4.78 is 0. The van der Waals surface area contributed by atoms with Gasteiger partial charge < -0.3 is 16.2 Å². The quantitative estimate of drug-likeness (QED) is 0.353. The lowest BCUT2D eigenvalue weighted by atomic mass is 10.1. The number of nitrogen functional groups attached to an aromatic ring is 1. The molecule has 0 aliphatic carbocycles. The normalized spacial score (nSPS) is 9.57. The molecule has 1 heterocycles. The summed E-state index contributed by atoms with van der Waals surface area (Å²) in [4.78, 5) is 39.4. The van der Waals surface area contributed by atoms with Crippen molar-refractivity contribution in [1.29, 1.82) is 0 Å². The predicted octanol–water partition coefficient (Wildman–Crippen LogP) is 2.60. The van der Waals surface area contributed by atoms with E-state index < -0.39 is 16.8 Å². The zero-order valence-corrected chi connectivity index (χ0v) is 14.4. The molecule has 10 heteroatoms. The average Bonchev–Trinajstić information content (AvgIpc) is 2.71. The molecule has 0 aliphatic heterocycles. The molecule has 2 aromatic carbocycles. The second-order valence-electron chi connectivity index (χ2n) is 5.25. The third-order valence-corrected chi connectivity index (χ3v) is 3.30. The molecule has 3 rings (SSSR count). The molecule has 0 atom stereocenters. The monoisotopic (exact) mass is 381 g/mol. The van der Waals surface area contributed by atoms with Crippen LogP contribution in [0.5, 0.6) is 0 Å². The highest BCUT2D eigenvalue weighted by molar-refractivity contribution is 6.07. The number of aromatic carboxylic acids is 1. The summed E-state index contributed by atoms with van der Waals surface area (Å²) >= 11 is 0. The van der Waals surface area contributed by atoms with Crippen molar-refractivity contribution in [2.75, 3.05) is 11.1 Å². The second kappa shape index (κ2) is 9.38. The maximum absolute atomic E-state index is 12.0. The lowest BCUT2D eigenvalue weighted by Gasteiger charge is -2.05. The van der Waals surface area contributed by atoms with Gasteiger partial charge >= 0.3 is 5.97 Å². The van der Waals surface area contributed by atoms with E-state index in [9.17, 15) is 19.7 Å². The smallest absolute Gasteiger partial charge is 0.356 e. The maximum Gasteiger partial charge on any atom is 0.356 e. The van der Waals surface area contributed by atoms with Gasteiger partial charge in [-0.25, -0.2) is 9.78 Å². The molecule has 28 heavy (non-hydrogen) atoms. The number of benzene rings is 2. The van der Waals surface area contributed by atoms with Crippen molar-refractivity contribution in [2.45, 2.75) is 0 Å². The lowest BCUT2D eigenvalue weighted by molar-refractivity contribution is -0.385. The van der Waals surface area contributed by atoms with Crippen LogP contribution in [0.3, 0.4) is 0 Å². The van der Waals surface area contributed by atoms with E-state index in [1.54, 1.807) is 30.3 Å². The van der Waals surface area contributed by atoms with E-state index in [1.807, 2.05) is 0 Å². The largest absolute Gasteiger partial charge is 0.476 e. The molecule has 0 fully saturated rings. The summed E-state index contributed by atoms with van der Waals surface area (Å²) in [6.07, 6.45) is 3.96. The Morgan fingerprint density at radius 3 is 2.29 bits per heavy atom. The molecule has 4 N–H and O–H groups in total. The number of nitro groups is 1. The van der Waals surface area contributed by atoms with E-state index >= 15 is 0 Å². The van der Waals surface area contributed by atoms with Crippen LogP contribution in [-0.4, -0.2) is 31.9 Å². The summed E-state index contributed by atoms with van der Waals surface area (Å²) in [7, 11) is 0. The van der Waals surface area contributed by atoms with E-state index in [0.717, 1.165) is 0 Å². The standard InChI is InChI=1S/C13H11N3O3.C5H4N2O2/c14-9-5-7-10(8-6-9)15-13(17)11-3-1-2-4-12(11)16(18)19;8-5(9)4-3-6-1-2-7-4/h1-8H,14H2,(H,15,17);1-3H,(H,8,9). The fourth-order valence-corrected chi connectivity index (χ4v) is 2.00. The number of carboxylic acid groups (broad SMARTS) is 1. The van der Waals surface area contributed by atoms with Crippen LogP contribution in [0.2, 0.25) is 0 Å². The van der Waals surface area contributed by atoms with Gasteiger partial charge in [0.15, 0.2) is 5.69 Å². The van der Waals surface area contributed by atoms with Gasteiger partial charge in [-0.2, -0.15) is 0 Å². The molecular weight excluding hydrogens is 366 g/mol. The predicted molar refractivity (Wildman–Crippen MR) is 101 cm³/mol. The van der Waals surface area contributed by atoms with Crippen molar-refractivity contribution in [1.82, 2.24) is 9.97 Å². The van der Waals surface area contributed by atoms with Gasteiger partial charge in [0.25, 0.3) is 11.6 Å². The number of carbonyl (C=O) groups is 2. The van der Waals surface area contributed by atoms with Gasteiger partial charge in [0.05, 0.1) is 11.1 Å². The third kappa shape index (κ3) is 5.59. The Balaban J connectivity index is 0.000000261. The number of aromatic nitrogens is 2. The molecule has 3 aromatic rings. The van der Waals surface area contributed by atoms with E-state index in [2.05, 4.69) is 15.3 Å². The molecule has 0 aliphatic rings. The molecule has 0 radical (unpaired) electrons. The summed E-state index contributed by atoms with van der Waals surface area (Å²) in [5.74, 6) is -1.58. The summed E-state index contributed by atoms with van der Waals surface area (Å²) in [6, 6.07) is 12.3. The van der Waals surface area contributed by atoms with Crippen LogP contribution in [0.1, 0.15) is 20.8 Å². The third-order valence-electron chi connectivity index (χ3n) is 3.30. The molecule has 0 bridgehead atoms. The topological polar surface area (TPSA) is 161 Å². The Bertz CT molecular complexity index is 977. The van der Waals surface area contributed by atoms with Crippen LogP contribution in [0.4, 0.5) is 17.1 Å². The summed E-state index contributed by atoms with van der Waals surface area (Å²) in [5, 5.41) is 21.7. The van der Waals surface area contributed by atoms with Crippen LogP contribution in [0.25, 0.3) is 0 Å². The van der Waals surface area contributed by atoms with E-state index in [0.29, 0.717) is 11.4 Å². The van der Waals surface area contributed by atoms with E-state index in [4.69, 9.17) is 10.8 Å². The number of nitrogens with one attached hydrogen (secondary N) is 1. The van der Waals surface area contributed by atoms with Gasteiger partial charge in [0.1, 0.15) is 5.56 Å². The molecule has 0 spiro atoms. The van der Waals surface area contributed by atoms with Crippen molar-refractivity contribution in [3.63, 3.8) is 0 Å². The first-order chi connectivity index (χ1) is 13.4. The highest BCUT2D eigenvalue weighted by atomic mass is 16.6. The number of hydrogen-bond acceptors (Lipinski definition) is 7. The number of nitrogens with two attached hydrogens (primary N) is 1. The SMILES string of the molecule is Nc1ccc(NC(=O)c2ccccc2[N+](=O)[O-])cc1.O=C(O)c1cnccn1. The van der Waals surface area contributed by atoms with Gasteiger partial charge in [0, 0.05) is 29.8 Å². The van der Waals surface area contributed by atoms with Crippen LogP contribution in [0, 0.1) is 10.1 Å². The highest BCUT2D eigenvalue weighted by Gasteiger charge is 2.18. The maximum atomic E-state index is 12.0. The molecule has 10 nitrogen and oxygen atoms in total. The minimum Gasteiger partial charge on any atom is -0.476 e. The number of nitro benzene ring substituents is 1. The van der Waals surface area contributed by atoms with Gasteiger partial charge in [-0.15, -0.1) is 0 Å². The molecular formula is C18H15N5O5. The first kappa shape index (κ1) is 20.0. The minimum atomic E-state index is -1.05. The van der Waals surface area contributed by atoms with Crippen LogP contribution in [-0.2, 0) is 0 Å². The number of para-hydroxylation sites is 1. The Morgan fingerprint density at radius 2 is 1.75 bits per heavy atom. The van der Waals surface area contributed by atoms with Crippen molar-refractivity contribution < 1.29 is 19.6 Å². The van der Waals surface area contributed by atoms with Crippen LogP contribution in [0.15, 0.2) is 67.1 Å². The molecule has 0 unspecified atom stereocenters. The van der Waals surface area contributed by atoms with Crippen molar-refractivity contribution in [3.8, 4) is 0 Å². The fourth-order valence-electron chi connectivity index (χ4n) is 2.00. The Hall–Kier alpha value is -4.34. The van der Waals surface area contributed by atoms with Gasteiger partial charge in [-0.05, 0) is 30.3 Å². The highest BCUT2D eigenvalue weighted by Crippen LogP contribution is 2.19. The van der Waals surface area contributed by atoms with E-state index in [-0.39, 0.29) is 16.9 Å². The number of amides is 1. The van der Waals surface area contributed by atoms with Gasteiger partial charge in [-0.3, -0.25) is 19.9 Å². The Kier molecular flexibility index (Phi) is 6.69. The minimum absolute atomic E-state index is 0.0179. The fraction of sp³-hybridized carbons (Fsp3) is 0. The van der Waals surface area contributed by atoms with E-state index in [1.165, 1.54) is 36.8 Å². The van der Waals surface area contributed by atoms with Crippen molar-refractivity contribution in [3.05, 3.63) is 88.5 Å². The molecule has 0 saturated heterocycles. The van der Waals surface area contributed by atoms with Crippen LogP contribution < -0.4 is 11.1 Å². The van der Waals surface area contributed by atoms with Crippen molar-refractivity contribution >= 4 is 28.9 Å². The number of nitrogens with zero attached hydrogens (tertiary/aromatic N) is 3. The molecule has 1 amide bonds. The molecule has 0 saturated carbocycles. The van der Waals surface area contributed by atoms with Crippen LogP contribution >= 0.6 is 0 Å². The second-order valence-corrected chi connectivity index (χ2v) is 5.25. The summed E-state index contributed by atoms with van der Waals surface area (Å²) in [6.45, 7) is 0. The number of rotatable bonds is 4. The summed E-state index contributed by atoms with van der Waals surface area (Å²) in [5.41, 5.74) is 6.39.